The van der Waals surface area contributed by atoms with E-state index in [9.17, 15) is 14.4 Å². The molecule has 39 heavy (non-hydrogen) atoms. The minimum absolute atomic E-state index is 0.1000. The zero-order valence-electron chi connectivity index (χ0n) is 23.0. The van der Waals surface area contributed by atoms with Crippen LogP contribution in [0.1, 0.15) is 64.5 Å². The highest BCUT2D eigenvalue weighted by Gasteiger charge is 2.29. The van der Waals surface area contributed by atoms with Crippen LogP contribution in [0.2, 0.25) is 0 Å². The van der Waals surface area contributed by atoms with Crippen molar-refractivity contribution in [1.82, 2.24) is 25.0 Å². The van der Waals surface area contributed by atoms with Crippen molar-refractivity contribution in [2.75, 3.05) is 37.5 Å². The number of nitrogens with one attached hydrogen (secondary N) is 2. The van der Waals surface area contributed by atoms with E-state index in [1.807, 2.05) is 22.9 Å². The van der Waals surface area contributed by atoms with Gasteiger partial charge in [0.15, 0.2) is 5.69 Å². The molecule has 3 amide bonds. The second-order valence-corrected chi connectivity index (χ2v) is 9.81. The summed E-state index contributed by atoms with van der Waals surface area (Å²) < 4.78 is 6.82. The minimum Gasteiger partial charge on any atom is -0.450 e. The lowest BCUT2D eigenvalue weighted by Crippen LogP contribution is -2.33. The van der Waals surface area contributed by atoms with Gasteiger partial charge in [-0.3, -0.25) is 19.6 Å². The first-order valence-corrected chi connectivity index (χ1v) is 13.0. The maximum Gasteiger partial charge on any atom is 0.411 e. The Kier molecular flexibility index (Phi) is 8.48. The summed E-state index contributed by atoms with van der Waals surface area (Å²) >= 11 is 0. The van der Waals surface area contributed by atoms with Crippen LogP contribution < -0.4 is 15.5 Å². The maximum absolute atomic E-state index is 13.3. The Balaban J connectivity index is 1.47. The molecular formula is C28H35N7O4. The first-order valence-electron chi connectivity index (χ1n) is 13.0. The van der Waals surface area contributed by atoms with E-state index in [4.69, 9.17) is 9.84 Å². The van der Waals surface area contributed by atoms with Gasteiger partial charge >= 0.3 is 6.09 Å². The van der Waals surface area contributed by atoms with Gasteiger partial charge in [-0.1, -0.05) is 12.1 Å². The zero-order chi connectivity index (χ0) is 28.1. The lowest BCUT2D eigenvalue weighted by molar-refractivity contribution is 0.0826. The third kappa shape index (κ3) is 6.36. The molecule has 0 unspecified atom stereocenters. The number of hydrogen-bond acceptors (Lipinski definition) is 7. The van der Waals surface area contributed by atoms with E-state index in [2.05, 4.69) is 34.4 Å². The number of pyridine rings is 1. The monoisotopic (exact) mass is 533 g/mol. The molecule has 0 saturated carbocycles. The van der Waals surface area contributed by atoms with Gasteiger partial charge in [-0.25, -0.2) is 9.78 Å². The molecule has 11 nitrogen and oxygen atoms in total. The molecule has 0 aliphatic carbocycles. The lowest BCUT2D eigenvalue weighted by Gasteiger charge is -2.29. The summed E-state index contributed by atoms with van der Waals surface area (Å²) in [6.45, 7) is 7.68. The fourth-order valence-electron chi connectivity index (χ4n) is 4.47. The summed E-state index contributed by atoms with van der Waals surface area (Å²) in [5.41, 5.74) is 4.37. The molecule has 3 aromatic rings. The molecule has 1 aliphatic heterocycles. The van der Waals surface area contributed by atoms with Gasteiger partial charge in [0.2, 0.25) is 0 Å². The van der Waals surface area contributed by atoms with Crippen LogP contribution in [-0.4, -0.2) is 64.8 Å². The van der Waals surface area contributed by atoms with Crippen molar-refractivity contribution in [2.45, 2.75) is 46.3 Å². The Hall–Kier alpha value is -4.41. The third-order valence-corrected chi connectivity index (χ3v) is 6.44. The molecule has 2 aromatic heterocycles. The highest BCUT2D eigenvalue weighted by atomic mass is 16.5. The van der Waals surface area contributed by atoms with Gasteiger partial charge < -0.3 is 19.9 Å². The molecule has 0 saturated heterocycles. The number of rotatable bonds is 8. The number of aromatic nitrogens is 3. The number of fused-ring (bicyclic) bond motifs is 1. The highest BCUT2D eigenvalue weighted by Crippen LogP contribution is 2.28. The average molecular weight is 534 g/mol. The number of carbonyl (C=O) groups is 3. The molecule has 0 radical (unpaired) electrons. The highest BCUT2D eigenvalue weighted by molar-refractivity contribution is 5.94. The van der Waals surface area contributed by atoms with Gasteiger partial charge in [0.1, 0.15) is 5.82 Å². The molecule has 3 heterocycles. The second-order valence-electron chi connectivity index (χ2n) is 9.81. The topological polar surface area (TPSA) is 122 Å². The van der Waals surface area contributed by atoms with Gasteiger partial charge in [-0.15, -0.1) is 0 Å². The molecule has 0 atom stereocenters. The number of ether oxygens (including phenoxy) is 1. The normalized spacial score (nSPS) is 12.6. The van der Waals surface area contributed by atoms with Gasteiger partial charge in [-0.2, -0.15) is 5.10 Å². The van der Waals surface area contributed by atoms with Crippen molar-refractivity contribution in [3.05, 3.63) is 70.7 Å². The first-order chi connectivity index (χ1) is 18.7. The van der Waals surface area contributed by atoms with Crippen LogP contribution in [0.4, 0.5) is 16.3 Å². The van der Waals surface area contributed by atoms with Crippen LogP contribution in [0.3, 0.4) is 0 Å². The SMILES string of the molecule is CCOC(=O)Nc1ccc(CNC(=O)c2nn(C(C)C)c3c2CN(c2ccc(C(=O)N(C)C)cn2)CC3)cc1. The Morgan fingerprint density at radius 2 is 1.85 bits per heavy atom. The summed E-state index contributed by atoms with van der Waals surface area (Å²) in [4.78, 5) is 45.3. The molecule has 1 aromatic carbocycles. The lowest BCUT2D eigenvalue weighted by atomic mass is 10.0. The summed E-state index contributed by atoms with van der Waals surface area (Å²) in [5.74, 6) is 0.397. The number of carbonyl (C=O) groups excluding carboxylic acids is 3. The van der Waals surface area contributed by atoms with Crippen molar-refractivity contribution < 1.29 is 19.1 Å². The number of amides is 3. The van der Waals surface area contributed by atoms with E-state index in [0.717, 1.165) is 35.6 Å². The van der Waals surface area contributed by atoms with Crippen LogP contribution in [0.15, 0.2) is 42.6 Å². The van der Waals surface area contributed by atoms with E-state index in [1.165, 1.54) is 4.90 Å². The Morgan fingerprint density at radius 3 is 2.46 bits per heavy atom. The zero-order valence-corrected chi connectivity index (χ0v) is 23.0. The molecule has 11 heteroatoms. The van der Waals surface area contributed by atoms with Crippen molar-refractivity contribution in [3.63, 3.8) is 0 Å². The van der Waals surface area contributed by atoms with Gasteiger partial charge in [0.05, 0.1) is 12.2 Å². The maximum atomic E-state index is 13.3. The van der Waals surface area contributed by atoms with E-state index in [1.54, 1.807) is 45.4 Å². The van der Waals surface area contributed by atoms with Crippen molar-refractivity contribution in [3.8, 4) is 0 Å². The fraction of sp³-hybridized carbons (Fsp3) is 0.393. The molecular weight excluding hydrogens is 498 g/mol. The van der Waals surface area contributed by atoms with Gasteiger partial charge in [0.25, 0.3) is 11.8 Å². The summed E-state index contributed by atoms with van der Waals surface area (Å²) in [7, 11) is 3.42. The van der Waals surface area contributed by atoms with Crippen LogP contribution in [0.25, 0.3) is 0 Å². The molecule has 0 bridgehead atoms. The van der Waals surface area contributed by atoms with E-state index in [0.29, 0.717) is 36.6 Å². The van der Waals surface area contributed by atoms with Crippen LogP contribution in [0, 0.1) is 0 Å². The third-order valence-electron chi connectivity index (χ3n) is 6.44. The Bertz CT molecular complexity index is 1330. The minimum atomic E-state index is -0.508. The molecule has 4 rings (SSSR count). The van der Waals surface area contributed by atoms with E-state index >= 15 is 0 Å². The average Bonchev–Trinajstić information content (AvgIpc) is 3.31. The van der Waals surface area contributed by atoms with Gasteiger partial charge in [0, 0.05) is 69.3 Å². The standard InChI is InChI=1S/C28H35N7O4/c1-6-39-28(38)31-21-10-7-19(8-11-21)15-30-26(36)25-22-17-34(14-13-23(22)35(32-25)18(2)3)24-12-9-20(16-29-24)27(37)33(4)5/h7-12,16,18H,6,13-15,17H2,1-5H3,(H,30,36)(H,31,38). The summed E-state index contributed by atoms with van der Waals surface area (Å²) in [5, 5.41) is 10.3. The largest absolute Gasteiger partial charge is 0.450 e. The quantitative estimate of drug-likeness (QED) is 0.454. The molecule has 1 aliphatic rings. The molecule has 2 N–H and O–H groups in total. The molecule has 0 spiro atoms. The predicted molar refractivity (Wildman–Crippen MR) is 148 cm³/mol. The summed E-state index contributed by atoms with van der Waals surface area (Å²) in [6, 6.07) is 10.9. The van der Waals surface area contributed by atoms with E-state index < -0.39 is 6.09 Å². The number of nitrogens with zero attached hydrogens (tertiary/aromatic N) is 5. The van der Waals surface area contributed by atoms with Crippen LogP contribution in [0.5, 0.6) is 0 Å². The van der Waals surface area contributed by atoms with Crippen molar-refractivity contribution >= 4 is 29.4 Å². The number of hydrogen-bond donors (Lipinski definition) is 2. The summed E-state index contributed by atoms with van der Waals surface area (Å²) in [6.07, 6.45) is 1.81. The van der Waals surface area contributed by atoms with Crippen LogP contribution >= 0.6 is 0 Å². The molecule has 0 fully saturated rings. The Labute approximate surface area is 228 Å². The fourth-order valence-corrected chi connectivity index (χ4v) is 4.47. The van der Waals surface area contributed by atoms with E-state index in [-0.39, 0.29) is 17.9 Å². The van der Waals surface area contributed by atoms with Crippen LogP contribution in [-0.2, 0) is 24.2 Å². The van der Waals surface area contributed by atoms with Gasteiger partial charge in [-0.05, 0) is 50.6 Å². The first kappa shape index (κ1) is 27.6. The van der Waals surface area contributed by atoms with Crippen molar-refractivity contribution in [2.24, 2.45) is 0 Å². The van der Waals surface area contributed by atoms with Crippen molar-refractivity contribution in [1.29, 1.82) is 0 Å². The molecule has 206 valence electrons. The smallest absolute Gasteiger partial charge is 0.411 e. The second kappa shape index (κ2) is 12.0. The Morgan fingerprint density at radius 1 is 1.10 bits per heavy atom. The number of benzene rings is 1. The predicted octanol–water partition coefficient (Wildman–Crippen LogP) is 3.62. The number of anilines is 2.